The van der Waals surface area contributed by atoms with Crippen LogP contribution in [-0.2, 0) is 6.42 Å². The summed E-state index contributed by atoms with van der Waals surface area (Å²) in [6, 6.07) is 8.31. The van der Waals surface area contributed by atoms with Crippen LogP contribution < -0.4 is 10.1 Å². The molecule has 0 aliphatic rings. The van der Waals surface area contributed by atoms with E-state index in [2.05, 4.69) is 28.3 Å². The fraction of sp³-hybridized carbons (Fsp3) is 0.400. The minimum atomic E-state index is 0.186. The maximum atomic E-state index is 5.41. The van der Waals surface area contributed by atoms with E-state index in [0.717, 1.165) is 31.0 Å². The molecular formula is C15H21N3O. The number of aromatic nitrogens is 2. The van der Waals surface area contributed by atoms with Crippen LogP contribution in [-0.4, -0.2) is 23.6 Å². The lowest BCUT2D eigenvalue weighted by Crippen LogP contribution is -2.25. The Morgan fingerprint density at radius 1 is 1.37 bits per heavy atom. The SMILES string of the molecule is CCCNC(Cc1ccccc1OC)c1ncc[nH]1. The molecule has 2 aromatic rings. The van der Waals surface area contributed by atoms with Gasteiger partial charge in [-0.25, -0.2) is 4.98 Å². The highest BCUT2D eigenvalue weighted by Crippen LogP contribution is 2.23. The first-order valence-corrected chi connectivity index (χ1v) is 6.69. The zero-order valence-corrected chi connectivity index (χ0v) is 11.5. The van der Waals surface area contributed by atoms with Crippen LogP contribution in [0.1, 0.15) is 30.8 Å². The van der Waals surface area contributed by atoms with Crippen molar-refractivity contribution in [1.82, 2.24) is 15.3 Å². The molecule has 1 aromatic carbocycles. The first kappa shape index (κ1) is 13.6. The van der Waals surface area contributed by atoms with Crippen molar-refractivity contribution in [3.63, 3.8) is 0 Å². The van der Waals surface area contributed by atoms with E-state index in [1.807, 2.05) is 24.4 Å². The van der Waals surface area contributed by atoms with Crippen molar-refractivity contribution < 1.29 is 4.74 Å². The molecule has 1 heterocycles. The number of aromatic amines is 1. The Bertz CT molecular complexity index is 482. The van der Waals surface area contributed by atoms with Crippen LogP contribution in [0.25, 0.3) is 0 Å². The van der Waals surface area contributed by atoms with Crippen molar-refractivity contribution in [2.75, 3.05) is 13.7 Å². The molecule has 19 heavy (non-hydrogen) atoms. The van der Waals surface area contributed by atoms with Crippen LogP contribution in [0.5, 0.6) is 5.75 Å². The Morgan fingerprint density at radius 2 is 2.21 bits per heavy atom. The molecule has 102 valence electrons. The molecule has 0 aliphatic carbocycles. The lowest BCUT2D eigenvalue weighted by Gasteiger charge is -2.18. The second-order valence-corrected chi connectivity index (χ2v) is 4.50. The number of methoxy groups -OCH3 is 1. The van der Waals surface area contributed by atoms with Crippen molar-refractivity contribution in [3.8, 4) is 5.75 Å². The molecule has 1 atom stereocenters. The minimum Gasteiger partial charge on any atom is -0.496 e. The number of ether oxygens (including phenoxy) is 1. The Hall–Kier alpha value is -1.81. The Balaban J connectivity index is 2.15. The highest BCUT2D eigenvalue weighted by molar-refractivity contribution is 5.34. The maximum absolute atomic E-state index is 5.41. The van der Waals surface area contributed by atoms with Crippen LogP contribution >= 0.6 is 0 Å². The zero-order chi connectivity index (χ0) is 13.5. The average molecular weight is 259 g/mol. The number of para-hydroxylation sites is 1. The second kappa shape index (κ2) is 6.95. The van der Waals surface area contributed by atoms with Gasteiger partial charge in [0.05, 0.1) is 13.2 Å². The summed E-state index contributed by atoms with van der Waals surface area (Å²) in [6.45, 7) is 3.13. The van der Waals surface area contributed by atoms with Crippen molar-refractivity contribution in [2.45, 2.75) is 25.8 Å². The van der Waals surface area contributed by atoms with Crippen LogP contribution in [0.4, 0.5) is 0 Å². The summed E-state index contributed by atoms with van der Waals surface area (Å²) in [5.74, 6) is 1.90. The van der Waals surface area contributed by atoms with E-state index in [1.54, 1.807) is 13.3 Å². The van der Waals surface area contributed by atoms with Gasteiger partial charge in [0, 0.05) is 12.4 Å². The van der Waals surface area contributed by atoms with E-state index in [9.17, 15) is 0 Å². The number of benzene rings is 1. The van der Waals surface area contributed by atoms with Gasteiger partial charge in [-0.05, 0) is 31.0 Å². The standard InChI is InChI=1S/C15H21N3O/c1-3-8-16-13(15-17-9-10-18-15)11-12-6-4-5-7-14(12)19-2/h4-7,9-10,13,16H,3,8,11H2,1-2H3,(H,17,18). The monoisotopic (exact) mass is 259 g/mol. The Morgan fingerprint density at radius 3 is 2.89 bits per heavy atom. The van der Waals surface area contributed by atoms with Gasteiger partial charge in [0.15, 0.2) is 0 Å². The Labute approximate surface area is 114 Å². The summed E-state index contributed by atoms with van der Waals surface area (Å²) in [7, 11) is 1.71. The molecule has 0 bridgehead atoms. The third kappa shape index (κ3) is 3.58. The molecule has 4 heteroatoms. The number of nitrogens with zero attached hydrogens (tertiary/aromatic N) is 1. The first-order chi connectivity index (χ1) is 9.35. The number of hydrogen-bond acceptors (Lipinski definition) is 3. The highest BCUT2D eigenvalue weighted by atomic mass is 16.5. The molecule has 1 unspecified atom stereocenters. The molecule has 0 spiro atoms. The summed E-state index contributed by atoms with van der Waals surface area (Å²) < 4.78 is 5.41. The van der Waals surface area contributed by atoms with Crippen LogP contribution in [0.2, 0.25) is 0 Å². The van der Waals surface area contributed by atoms with Gasteiger partial charge >= 0.3 is 0 Å². The fourth-order valence-electron chi connectivity index (χ4n) is 2.14. The number of nitrogens with one attached hydrogen (secondary N) is 2. The molecular weight excluding hydrogens is 238 g/mol. The van der Waals surface area contributed by atoms with Gasteiger partial charge in [0.1, 0.15) is 11.6 Å². The summed E-state index contributed by atoms with van der Waals surface area (Å²) in [4.78, 5) is 7.55. The summed E-state index contributed by atoms with van der Waals surface area (Å²) in [6.07, 6.45) is 5.61. The van der Waals surface area contributed by atoms with Crippen LogP contribution in [0, 0.1) is 0 Å². The predicted octanol–water partition coefficient (Wildman–Crippen LogP) is 2.70. The van der Waals surface area contributed by atoms with Gasteiger partial charge in [0.2, 0.25) is 0 Å². The lowest BCUT2D eigenvalue weighted by molar-refractivity contribution is 0.404. The van der Waals surface area contributed by atoms with E-state index in [-0.39, 0.29) is 6.04 Å². The topological polar surface area (TPSA) is 49.9 Å². The summed E-state index contributed by atoms with van der Waals surface area (Å²) in [5.41, 5.74) is 1.19. The normalized spacial score (nSPS) is 12.3. The molecule has 2 rings (SSSR count). The smallest absolute Gasteiger partial charge is 0.123 e. The van der Waals surface area contributed by atoms with Gasteiger partial charge in [0.25, 0.3) is 0 Å². The molecule has 2 N–H and O–H groups in total. The quantitative estimate of drug-likeness (QED) is 0.803. The van der Waals surface area contributed by atoms with Crippen molar-refractivity contribution >= 4 is 0 Å². The van der Waals surface area contributed by atoms with Crippen molar-refractivity contribution in [3.05, 3.63) is 48.0 Å². The van der Waals surface area contributed by atoms with E-state index in [4.69, 9.17) is 4.74 Å². The molecule has 0 aliphatic heterocycles. The first-order valence-electron chi connectivity index (χ1n) is 6.69. The molecule has 0 amide bonds. The lowest BCUT2D eigenvalue weighted by atomic mass is 10.0. The van der Waals surface area contributed by atoms with E-state index in [1.165, 1.54) is 5.56 Å². The molecule has 0 fully saturated rings. The van der Waals surface area contributed by atoms with Gasteiger partial charge in [-0.15, -0.1) is 0 Å². The summed E-state index contributed by atoms with van der Waals surface area (Å²) in [5, 5.41) is 3.52. The predicted molar refractivity (Wildman–Crippen MR) is 76.3 cm³/mol. The van der Waals surface area contributed by atoms with Gasteiger partial charge < -0.3 is 15.0 Å². The number of imidazole rings is 1. The zero-order valence-electron chi connectivity index (χ0n) is 11.5. The molecule has 0 saturated heterocycles. The minimum absolute atomic E-state index is 0.186. The largest absolute Gasteiger partial charge is 0.496 e. The fourth-order valence-corrected chi connectivity index (χ4v) is 2.14. The van der Waals surface area contributed by atoms with Crippen molar-refractivity contribution in [1.29, 1.82) is 0 Å². The van der Waals surface area contributed by atoms with E-state index in [0.29, 0.717) is 0 Å². The van der Waals surface area contributed by atoms with Crippen molar-refractivity contribution in [2.24, 2.45) is 0 Å². The average Bonchev–Trinajstić information content (AvgIpc) is 2.98. The van der Waals surface area contributed by atoms with E-state index >= 15 is 0 Å². The maximum Gasteiger partial charge on any atom is 0.123 e. The molecule has 0 radical (unpaired) electrons. The van der Waals surface area contributed by atoms with Gasteiger partial charge in [-0.3, -0.25) is 0 Å². The Kier molecular flexibility index (Phi) is 4.98. The van der Waals surface area contributed by atoms with Crippen LogP contribution in [0.3, 0.4) is 0 Å². The summed E-state index contributed by atoms with van der Waals surface area (Å²) >= 11 is 0. The van der Waals surface area contributed by atoms with Gasteiger partial charge in [-0.2, -0.15) is 0 Å². The molecule has 1 aromatic heterocycles. The molecule has 4 nitrogen and oxygen atoms in total. The van der Waals surface area contributed by atoms with E-state index < -0.39 is 0 Å². The number of hydrogen-bond donors (Lipinski definition) is 2. The second-order valence-electron chi connectivity index (χ2n) is 4.50. The third-order valence-corrected chi connectivity index (χ3v) is 3.11. The van der Waals surface area contributed by atoms with Crippen LogP contribution in [0.15, 0.2) is 36.7 Å². The van der Waals surface area contributed by atoms with Gasteiger partial charge in [-0.1, -0.05) is 25.1 Å². The third-order valence-electron chi connectivity index (χ3n) is 3.11. The molecule has 0 saturated carbocycles. The number of H-pyrrole nitrogens is 1. The highest BCUT2D eigenvalue weighted by Gasteiger charge is 2.15. The number of rotatable bonds is 7.